The molecule has 0 amide bonds. The van der Waals surface area contributed by atoms with Crippen LogP contribution in [0.3, 0.4) is 0 Å². The second-order valence-corrected chi connectivity index (χ2v) is 5.78. The van der Waals surface area contributed by atoms with Gasteiger partial charge < -0.3 is 9.73 Å². The van der Waals surface area contributed by atoms with Crippen LogP contribution in [0, 0.1) is 13.8 Å². The van der Waals surface area contributed by atoms with E-state index in [0.717, 1.165) is 17.3 Å². The van der Waals surface area contributed by atoms with Crippen LogP contribution in [-0.4, -0.2) is 9.97 Å². The molecule has 19 heavy (non-hydrogen) atoms. The van der Waals surface area contributed by atoms with Crippen LogP contribution in [0.2, 0.25) is 0 Å². The predicted octanol–water partition coefficient (Wildman–Crippen LogP) is 3.60. The fraction of sp³-hybridized carbons (Fsp3) is 0.467. The minimum atomic E-state index is 0.127. The molecule has 0 aliphatic carbocycles. The second-order valence-electron chi connectivity index (χ2n) is 5.78. The first-order valence-electron chi connectivity index (χ1n) is 6.49. The first-order valence-corrected chi connectivity index (χ1v) is 6.49. The zero-order valence-corrected chi connectivity index (χ0v) is 12.2. The maximum atomic E-state index is 5.51. The molecule has 2 aromatic heterocycles. The monoisotopic (exact) mass is 259 g/mol. The van der Waals surface area contributed by atoms with Gasteiger partial charge in [0, 0.05) is 6.20 Å². The molecule has 0 unspecified atom stereocenters. The van der Waals surface area contributed by atoms with Gasteiger partial charge in [-0.15, -0.1) is 0 Å². The zero-order valence-electron chi connectivity index (χ0n) is 12.2. The van der Waals surface area contributed by atoms with Crippen LogP contribution in [0.4, 0.5) is 5.82 Å². The van der Waals surface area contributed by atoms with Crippen molar-refractivity contribution in [3.8, 4) is 0 Å². The molecule has 0 saturated carbocycles. The van der Waals surface area contributed by atoms with Gasteiger partial charge in [-0.2, -0.15) is 0 Å². The second kappa shape index (κ2) is 5.03. The van der Waals surface area contributed by atoms with E-state index in [4.69, 9.17) is 4.42 Å². The van der Waals surface area contributed by atoms with Crippen LogP contribution in [0.1, 0.15) is 43.7 Å². The van der Waals surface area contributed by atoms with Crippen molar-refractivity contribution < 1.29 is 4.42 Å². The van der Waals surface area contributed by atoms with Crippen LogP contribution in [0.15, 0.2) is 22.7 Å². The van der Waals surface area contributed by atoms with Crippen LogP contribution in [0.25, 0.3) is 0 Å². The molecule has 0 fully saturated rings. The Hall–Kier alpha value is -1.84. The number of aryl methyl sites for hydroxylation is 2. The number of nitrogens with one attached hydrogen (secondary N) is 1. The van der Waals surface area contributed by atoms with Gasteiger partial charge in [-0.1, -0.05) is 26.8 Å². The lowest BCUT2D eigenvalue weighted by Gasteiger charge is -2.18. The summed E-state index contributed by atoms with van der Waals surface area (Å²) in [5.74, 6) is 2.39. The predicted molar refractivity (Wildman–Crippen MR) is 76.2 cm³/mol. The smallest absolute Gasteiger partial charge is 0.213 e. The summed E-state index contributed by atoms with van der Waals surface area (Å²) < 4.78 is 5.51. The average molecular weight is 259 g/mol. The maximum Gasteiger partial charge on any atom is 0.213 e. The van der Waals surface area contributed by atoms with Crippen LogP contribution in [-0.2, 0) is 12.0 Å². The minimum absolute atomic E-state index is 0.127. The third-order valence-electron chi connectivity index (χ3n) is 3.12. The van der Waals surface area contributed by atoms with Crippen molar-refractivity contribution in [1.82, 2.24) is 9.97 Å². The summed E-state index contributed by atoms with van der Waals surface area (Å²) in [4.78, 5) is 8.73. The molecule has 0 aliphatic rings. The van der Waals surface area contributed by atoms with Crippen molar-refractivity contribution in [2.24, 2.45) is 0 Å². The Morgan fingerprint density at radius 1 is 1.21 bits per heavy atom. The number of oxazole rings is 1. The van der Waals surface area contributed by atoms with E-state index in [1.807, 2.05) is 26.1 Å². The van der Waals surface area contributed by atoms with Gasteiger partial charge in [0.25, 0.3) is 0 Å². The molecule has 0 radical (unpaired) electrons. The molecule has 102 valence electrons. The molecule has 2 aromatic rings. The molecule has 1 N–H and O–H groups in total. The fourth-order valence-corrected chi connectivity index (χ4v) is 1.72. The van der Waals surface area contributed by atoms with E-state index >= 15 is 0 Å². The normalized spacial score (nSPS) is 11.6. The van der Waals surface area contributed by atoms with Crippen molar-refractivity contribution in [2.75, 3.05) is 5.32 Å². The maximum absolute atomic E-state index is 5.51. The molecule has 0 aliphatic heterocycles. The highest BCUT2D eigenvalue weighted by atomic mass is 16.4. The molecule has 0 aromatic carbocycles. The summed E-state index contributed by atoms with van der Waals surface area (Å²) in [5.41, 5.74) is 2.29. The summed E-state index contributed by atoms with van der Waals surface area (Å²) in [6.45, 7) is 10.9. The van der Waals surface area contributed by atoms with Crippen LogP contribution >= 0.6 is 0 Å². The molecule has 2 rings (SSSR count). The van der Waals surface area contributed by atoms with Crippen molar-refractivity contribution in [3.63, 3.8) is 0 Å². The molecule has 0 atom stereocenters. The third kappa shape index (κ3) is 3.34. The molecule has 0 saturated heterocycles. The molecule has 2 heterocycles. The van der Waals surface area contributed by atoms with Crippen LogP contribution < -0.4 is 5.32 Å². The number of nitrogens with zero attached hydrogens (tertiary/aromatic N) is 2. The van der Waals surface area contributed by atoms with Gasteiger partial charge in [0.05, 0.1) is 12.2 Å². The molecular weight excluding hydrogens is 238 g/mol. The van der Waals surface area contributed by atoms with Crippen molar-refractivity contribution in [3.05, 3.63) is 41.2 Å². The minimum Gasteiger partial charge on any atom is -0.444 e. The van der Waals surface area contributed by atoms with Crippen molar-refractivity contribution >= 4 is 5.82 Å². The SMILES string of the molecule is Cc1nc(CNc2ccc(C(C)(C)C)cn2)oc1C. The van der Waals surface area contributed by atoms with Crippen molar-refractivity contribution in [1.29, 1.82) is 0 Å². The number of pyridine rings is 1. The first kappa shape index (κ1) is 13.6. The van der Waals surface area contributed by atoms with Gasteiger partial charge in [0.2, 0.25) is 5.89 Å². The molecule has 4 nitrogen and oxygen atoms in total. The van der Waals surface area contributed by atoms with Crippen LogP contribution in [0.5, 0.6) is 0 Å². The van der Waals surface area contributed by atoms with Gasteiger partial charge in [-0.05, 0) is 30.9 Å². The van der Waals surface area contributed by atoms with E-state index in [9.17, 15) is 0 Å². The van der Waals surface area contributed by atoms with Gasteiger partial charge in [-0.3, -0.25) is 0 Å². The van der Waals surface area contributed by atoms with Gasteiger partial charge in [0.1, 0.15) is 11.6 Å². The summed E-state index contributed by atoms with van der Waals surface area (Å²) >= 11 is 0. The number of hydrogen-bond donors (Lipinski definition) is 1. The third-order valence-corrected chi connectivity index (χ3v) is 3.12. The summed E-state index contributed by atoms with van der Waals surface area (Å²) in [6.07, 6.45) is 1.91. The standard InChI is InChI=1S/C15H21N3O/c1-10-11(2)19-14(18-10)9-17-13-7-6-12(8-16-13)15(3,4)5/h6-8H,9H2,1-5H3,(H,16,17). The Bertz CT molecular complexity index is 530. The number of aromatic nitrogens is 2. The largest absolute Gasteiger partial charge is 0.444 e. The van der Waals surface area contributed by atoms with Crippen molar-refractivity contribution in [2.45, 2.75) is 46.6 Å². The molecule has 0 spiro atoms. The average Bonchev–Trinajstić information content (AvgIpc) is 2.66. The zero-order chi connectivity index (χ0) is 14.0. The van der Waals surface area contributed by atoms with Gasteiger partial charge in [0.15, 0.2) is 0 Å². The first-order chi connectivity index (χ1) is 8.86. The number of rotatable bonds is 3. The van der Waals surface area contributed by atoms with E-state index in [0.29, 0.717) is 12.4 Å². The summed E-state index contributed by atoms with van der Waals surface area (Å²) in [7, 11) is 0. The van der Waals surface area contributed by atoms with Gasteiger partial charge >= 0.3 is 0 Å². The Morgan fingerprint density at radius 2 is 1.95 bits per heavy atom. The summed E-state index contributed by atoms with van der Waals surface area (Å²) in [5, 5.41) is 3.21. The topological polar surface area (TPSA) is 51.0 Å². The Labute approximate surface area is 114 Å². The van der Waals surface area contributed by atoms with Gasteiger partial charge in [-0.25, -0.2) is 9.97 Å². The quantitative estimate of drug-likeness (QED) is 0.915. The highest BCUT2D eigenvalue weighted by Crippen LogP contribution is 2.22. The lowest BCUT2D eigenvalue weighted by Crippen LogP contribution is -2.11. The number of anilines is 1. The molecule has 4 heteroatoms. The van der Waals surface area contributed by atoms with E-state index in [2.05, 4.69) is 42.1 Å². The molecule has 0 bridgehead atoms. The van der Waals surface area contributed by atoms with E-state index in [-0.39, 0.29) is 5.41 Å². The Morgan fingerprint density at radius 3 is 2.42 bits per heavy atom. The molecular formula is C15H21N3O. The summed E-state index contributed by atoms with van der Waals surface area (Å²) in [6, 6.07) is 4.09. The lowest BCUT2D eigenvalue weighted by molar-refractivity contribution is 0.478. The lowest BCUT2D eigenvalue weighted by atomic mass is 9.88. The highest BCUT2D eigenvalue weighted by molar-refractivity contribution is 5.37. The Balaban J connectivity index is 2.00. The van der Waals surface area contributed by atoms with E-state index in [1.54, 1.807) is 0 Å². The fourth-order valence-electron chi connectivity index (χ4n) is 1.72. The highest BCUT2D eigenvalue weighted by Gasteiger charge is 2.13. The van der Waals surface area contributed by atoms with E-state index in [1.165, 1.54) is 5.56 Å². The number of hydrogen-bond acceptors (Lipinski definition) is 4. The Kier molecular flexibility index (Phi) is 3.60. The van der Waals surface area contributed by atoms with E-state index < -0.39 is 0 Å².